The number of hydrogen-bond acceptors (Lipinski definition) is 3. The highest BCUT2D eigenvalue weighted by atomic mass is 35.5. The lowest BCUT2D eigenvalue weighted by molar-refractivity contribution is 0.295. The summed E-state index contributed by atoms with van der Waals surface area (Å²) in [5.41, 5.74) is 0.500. The first-order chi connectivity index (χ1) is 8.54. The molecule has 0 aromatic carbocycles. The molecule has 0 spiro atoms. The fourth-order valence-corrected chi connectivity index (χ4v) is 2.98. The molecule has 0 aliphatic carbocycles. The van der Waals surface area contributed by atoms with Gasteiger partial charge in [-0.25, -0.2) is 4.98 Å². The highest BCUT2D eigenvalue weighted by Crippen LogP contribution is 2.34. The minimum absolute atomic E-state index is 0.403. The summed E-state index contributed by atoms with van der Waals surface area (Å²) >= 11 is 6.28. The maximum absolute atomic E-state index is 9.03. The van der Waals surface area contributed by atoms with Crippen molar-refractivity contribution in [1.29, 1.82) is 5.26 Å². The Morgan fingerprint density at radius 3 is 2.83 bits per heavy atom. The van der Waals surface area contributed by atoms with Gasteiger partial charge in [0.25, 0.3) is 0 Å². The number of piperidine rings is 1. The smallest absolute Gasteiger partial charge is 0.148 e. The van der Waals surface area contributed by atoms with Crippen LogP contribution in [0.15, 0.2) is 12.3 Å². The summed E-state index contributed by atoms with van der Waals surface area (Å²) in [6, 6.07) is 4.18. The third-order valence-electron chi connectivity index (χ3n) is 3.86. The van der Waals surface area contributed by atoms with E-state index in [0.29, 0.717) is 28.5 Å². The molecule has 1 fully saturated rings. The van der Waals surface area contributed by atoms with Crippen LogP contribution < -0.4 is 4.90 Å². The molecule has 18 heavy (non-hydrogen) atoms. The molecule has 1 saturated heterocycles. The number of aromatic nitrogens is 1. The average molecular weight is 264 g/mol. The van der Waals surface area contributed by atoms with E-state index in [1.807, 2.05) is 0 Å². The molecule has 4 heteroatoms. The summed E-state index contributed by atoms with van der Waals surface area (Å²) in [5.74, 6) is 1.98. The summed E-state index contributed by atoms with van der Waals surface area (Å²) < 4.78 is 0. The summed E-state index contributed by atoms with van der Waals surface area (Å²) in [7, 11) is 0. The van der Waals surface area contributed by atoms with Gasteiger partial charge < -0.3 is 4.90 Å². The summed E-state index contributed by atoms with van der Waals surface area (Å²) in [4.78, 5) is 6.61. The lowest BCUT2D eigenvalue weighted by atomic mass is 9.86. The quantitative estimate of drug-likeness (QED) is 0.779. The van der Waals surface area contributed by atoms with Crippen LogP contribution in [0, 0.1) is 23.2 Å². The van der Waals surface area contributed by atoms with Crippen LogP contribution in [-0.4, -0.2) is 17.6 Å². The molecule has 0 N–H and O–H groups in total. The van der Waals surface area contributed by atoms with Gasteiger partial charge in [0, 0.05) is 18.8 Å². The zero-order valence-corrected chi connectivity index (χ0v) is 11.8. The molecule has 1 aromatic heterocycles. The van der Waals surface area contributed by atoms with E-state index in [9.17, 15) is 0 Å². The van der Waals surface area contributed by atoms with Crippen molar-refractivity contribution in [1.82, 2.24) is 4.98 Å². The van der Waals surface area contributed by atoms with Crippen LogP contribution in [0.3, 0.4) is 0 Å². The van der Waals surface area contributed by atoms with Crippen molar-refractivity contribution < 1.29 is 0 Å². The summed E-state index contributed by atoms with van der Waals surface area (Å²) in [5, 5.41) is 9.51. The SMILES string of the molecule is CC1CC(C)C(C)N(c2nccc(C#N)c2Cl)C1. The maximum atomic E-state index is 9.03. The second-order valence-corrected chi connectivity index (χ2v) is 5.70. The molecule has 2 heterocycles. The average Bonchev–Trinajstić information content (AvgIpc) is 2.34. The monoisotopic (exact) mass is 263 g/mol. The molecule has 1 aromatic rings. The minimum atomic E-state index is 0.403. The van der Waals surface area contributed by atoms with Crippen LogP contribution in [0.25, 0.3) is 0 Å². The number of hydrogen-bond donors (Lipinski definition) is 0. The first-order valence-electron chi connectivity index (χ1n) is 6.35. The van der Waals surface area contributed by atoms with E-state index in [-0.39, 0.29) is 0 Å². The van der Waals surface area contributed by atoms with Gasteiger partial charge in [0.05, 0.1) is 5.56 Å². The van der Waals surface area contributed by atoms with Gasteiger partial charge in [-0.15, -0.1) is 0 Å². The van der Waals surface area contributed by atoms with E-state index in [4.69, 9.17) is 16.9 Å². The van der Waals surface area contributed by atoms with Crippen LogP contribution >= 0.6 is 11.6 Å². The van der Waals surface area contributed by atoms with Gasteiger partial charge in [-0.1, -0.05) is 25.4 Å². The van der Waals surface area contributed by atoms with Gasteiger partial charge in [-0.05, 0) is 31.2 Å². The number of pyridine rings is 1. The fourth-order valence-electron chi connectivity index (χ4n) is 2.71. The zero-order valence-electron chi connectivity index (χ0n) is 11.0. The van der Waals surface area contributed by atoms with Gasteiger partial charge in [0.15, 0.2) is 0 Å². The number of halogens is 1. The van der Waals surface area contributed by atoms with Crippen molar-refractivity contribution >= 4 is 17.4 Å². The van der Waals surface area contributed by atoms with Gasteiger partial charge in [0.2, 0.25) is 0 Å². The van der Waals surface area contributed by atoms with Gasteiger partial charge in [0.1, 0.15) is 16.9 Å². The first kappa shape index (κ1) is 13.2. The van der Waals surface area contributed by atoms with E-state index >= 15 is 0 Å². The largest absolute Gasteiger partial charge is 0.352 e. The van der Waals surface area contributed by atoms with Crippen molar-refractivity contribution in [2.24, 2.45) is 11.8 Å². The number of rotatable bonds is 1. The lowest BCUT2D eigenvalue weighted by Crippen LogP contribution is -2.46. The Kier molecular flexibility index (Phi) is 3.77. The molecule has 2 rings (SSSR count). The standard InChI is InChI=1S/C14H18ClN3/c1-9-6-10(2)11(3)18(8-9)14-13(15)12(7-16)4-5-17-14/h4-5,9-11H,6,8H2,1-3H3. The normalized spacial score (nSPS) is 27.9. The minimum Gasteiger partial charge on any atom is -0.352 e. The molecule has 1 aliphatic rings. The van der Waals surface area contributed by atoms with Crippen LogP contribution in [0.4, 0.5) is 5.82 Å². The van der Waals surface area contributed by atoms with Gasteiger partial charge >= 0.3 is 0 Å². The summed E-state index contributed by atoms with van der Waals surface area (Å²) in [6.45, 7) is 7.66. The molecule has 0 saturated carbocycles. The van der Waals surface area contributed by atoms with Gasteiger partial charge in [-0.3, -0.25) is 0 Å². The van der Waals surface area contributed by atoms with Crippen LogP contribution in [0.5, 0.6) is 0 Å². The Labute approximate surface area is 113 Å². The Morgan fingerprint density at radius 2 is 2.17 bits per heavy atom. The lowest BCUT2D eigenvalue weighted by Gasteiger charge is -2.42. The predicted molar refractivity (Wildman–Crippen MR) is 73.7 cm³/mol. The second-order valence-electron chi connectivity index (χ2n) is 5.32. The molecule has 96 valence electrons. The molecule has 3 nitrogen and oxygen atoms in total. The Balaban J connectivity index is 2.39. The third-order valence-corrected chi connectivity index (χ3v) is 4.23. The van der Waals surface area contributed by atoms with Crippen molar-refractivity contribution in [2.75, 3.05) is 11.4 Å². The van der Waals surface area contributed by atoms with E-state index in [1.165, 1.54) is 6.42 Å². The fraction of sp³-hybridized carbons (Fsp3) is 0.571. The molecular weight excluding hydrogens is 246 g/mol. The van der Waals surface area contributed by atoms with Gasteiger partial charge in [-0.2, -0.15) is 5.26 Å². The topological polar surface area (TPSA) is 39.9 Å². The summed E-state index contributed by atoms with van der Waals surface area (Å²) in [6.07, 6.45) is 2.89. The Bertz CT molecular complexity index is 480. The Morgan fingerprint density at radius 1 is 1.44 bits per heavy atom. The van der Waals surface area contributed by atoms with E-state index in [0.717, 1.165) is 12.4 Å². The van der Waals surface area contributed by atoms with Crippen molar-refractivity contribution in [3.8, 4) is 6.07 Å². The zero-order chi connectivity index (χ0) is 13.3. The molecule has 3 unspecified atom stereocenters. The van der Waals surface area contributed by atoms with Crippen molar-refractivity contribution in [2.45, 2.75) is 33.2 Å². The molecule has 0 bridgehead atoms. The highest BCUT2D eigenvalue weighted by molar-refractivity contribution is 6.34. The van der Waals surface area contributed by atoms with Crippen LogP contribution in [-0.2, 0) is 0 Å². The molecule has 0 radical (unpaired) electrons. The van der Waals surface area contributed by atoms with E-state index < -0.39 is 0 Å². The number of nitrogens with zero attached hydrogens (tertiary/aromatic N) is 3. The van der Waals surface area contributed by atoms with Crippen molar-refractivity contribution in [3.05, 3.63) is 22.8 Å². The second kappa shape index (κ2) is 5.16. The number of anilines is 1. The third kappa shape index (κ3) is 2.30. The Hall–Kier alpha value is -1.27. The first-order valence-corrected chi connectivity index (χ1v) is 6.73. The van der Waals surface area contributed by atoms with Crippen LogP contribution in [0.2, 0.25) is 5.02 Å². The van der Waals surface area contributed by atoms with Crippen LogP contribution in [0.1, 0.15) is 32.8 Å². The van der Waals surface area contributed by atoms with Crippen molar-refractivity contribution in [3.63, 3.8) is 0 Å². The number of nitriles is 1. The predicted octanol–water partition coefficient (Wildman–Crippen LogP) is 3.48. The van der Waals surface area contributed by atoms with E-state index in [2.05, 4.69) is 36.7 Å². The molecular formula is C14H18ClN3. The van der Waals surface area contributed by atoms with E-state index in [1.54, 1.807) is 12.3 Å². The molecule has 0 amide bonds. The maximum Gasteiger partial charge on any atom is 0.148 e. The molecule has 1 aliphatic heterocycles. The molecule has 3 atom stereocenters. The highest BCUT2D eigenvalue weighted by Gasteiger charge is 2.31.